The minimum absolute atomic E-state index is 0.431. The van der Waals surface area contributed by atoms with Crippen molar-refractivity contribution in [2.45, 2.75) is 9.92 Å². The predicted molar refractivity (Wildman–Crippen MR) is 114 cm³/mol. The first kappa shape index (κ1) is 19.1. The van der Waals surface area contributed by atoms with Crippen molar-refractivity contribution in [1.29, 1.82) is 5.26 Å². The number of nitrogens with two attached hydrogens (primary N) is 1. The molecule has 0 unspecified atom stereocenters. The van der Waals surface area contributed by atoms with Crippen molar-refractivity contribution in [3.63, 3.8) is 0 Å². The van der Waals surface area contributed by atoms with E-state index in [1.54, 1.807) is 0 Å². The van der Waals surface area contributed by atoms with Gasteiger partial charge in [-0.05, 0) is 48.5 Å². The van der Waals surface area contributed by atoms with Gasteiger partial charge in [-0.2, -0.15) is 5.26 Å². The van der Waals surface area contributed by atoms with Crippen LogP contribution in [0.15, 0.2) is 64.6 Å². The molecule has 2 aromatic carbocycles. The fourth-order valence-electron chi connectivity index (χ4n) is 2.93. The van der Waals surface area contributed by atoms with Crippen LogP contribution in [0, 0.1) is 11.3 Å². The molecule has 8 heteroatoms. The van der Waals surface area contributed by atoms with E-state index in [2.05, 4.69) is 38.4 Å². The largest absolute Gasteiger partial charge is 0.399 e. The standard InChI is InChI=1S/C21H20N6OS/c22-13-15-14-24-21(26-20(15)29-19-7-1-16(23)2-8-19)25-17-3-5-18(6-4-17)27-9-11-28-12-10-27/h1-8,14H,9-12,23H2,(H,24,25,26). The molecule has 4 rings (SSSR count). The number of nitrogens with one attached hydrogen (secondary N) is 1. The number of nitrogens with zero attached hydrogens (tertiary/aromatic N) is 4. The van der Waals surface area contributed by atoms with E-state index in [1.807, 2.05) is 36.4 Å². The molecule has 2 heterocycles. The van der Waals surface area contributed by atoms with E-state index in [-0.39, 0.29) is 0 Å². The van der Waals surface area contributed by atoms with Crippen LogP contribution >= 0.6 is 11.8 Å². The van der Waals surface area contributed by atoms with Crippen molar-refractivity contribution in [1.82, 2.24) is 9.97 Å². The molecule has 1 fully saturated rings. The minimum Gasteiger partial charge on any atom is -0.399 e. The number of benzene rings is 2. The average Bonchev–Trinajstić information content (AvgIpc) is 2.77. The van der Waals surface area contributed by atoms with Gasteiger partial charge in [0, 0.05) is 35.0 Å². The van der Waals surface area contributed by atoms with Gasteiger partial charge in [0.05, 0.1) is 19.4 Å². The molecule has 0 aliphatic carbocycles. The molecule has 29 heavy (non-hydrogen) atoms. The molecule has 1 aromatic heterocycles. The van der Waals surface area contributed by atoms with Gasteiger partial charge in [-0.1, -0.05) is 11.8 Å². The molecule has 0 amide bonds. The SMILES string of the molecule is N#Cc1cnc(Nc2ccc(N3CCOCC3)cc2)nc1Sc1ccc(N)cc1. The van der Waals surface area contributed by atoms with Crippen molar-refractivity contribution >= 4 is 34.8 Å². The minimum atomic E-state index is 0.431. The van der Waals surface area contributed by atoms with Gasteiger partial charge in [0.25, 0.3) is 0 Å². The maximum Gasteiger partial charge on any atom is 0.228 e. The van der Waals surface area contributed by atoms with E-state index in [1.165, 1.54) is 23.6 Å². The molecule has 0 saturated carbocycles. The second-order valence-corrected chi connectivity index (χ2v) is 7.53. The van der Waals surface area contributed by atoms with E-state index < -0.39 is 0 Å². The lowest BCUT2D eigenvalue weighted by Gasteiger charge is -2.28. The predicted octanol–water partition coefficient (Wildman–Crippen LogP) is 3.66. The molecule has 1 aliphatic rings. The highest BCUT2D eigenvalue weighted by molar-refractivity contribution is 7.99. The maximum absolute atomic E-state index is 9.38. The Morgan fingerprint density at radius 1 is 1.07 bits per heavy atom. The van der Waals surface area contributed by atoms with Gasteiger partial charge in [-0.25, -0.2) is 9.97 Å². The average molecular weight is 404 g/mol. The molecular formula is C21H20N6OS. The third kappa shape index (κ3) is 4.77. The molecule has 0 radical (unpaired) electrons. The number of anilines is 4. The van der Waals surface area contributed by atoms with Crippen LogP contribution in [-0.4, -0.2) is 36.3 Å². The summed E-state index contributed by atoms with van der Waals surface area (Å²) in [6.45, 7) is 3.32. The Hall–Kier alpha value is -3.28. The van der Waals surface area contributed by atoms with Crippen LogP contribution < -0.4 is 16.0 Å². The van der Waals surface area contributed by atoms with Crippen molar-refractivity contribution < 1.29 is 4.74 Å². The zero-order valence-corrected chi connectivity index (χ0v) is 16.5. The zero-order chi connectivity index (χ0) is 20.1. The van der Waals surface area contributed by atoms with Crippen LogP contribution in [0.2, 0.25) is 0 Å². The summed E-state index contributed by atoms with van der Waals surface area (Å²) in [5.74, 6) is 0.445. The fraction of sp³-hybridized carbons (Fsp3) is 0.190. The molecule has 1 saturated heterocycles. The van der Waals surface area contributed by atoms with Crippen molar-refractivity contribution in [3.05, 3.63) is 60.3 Å². The summed E-state index contributed by atoms with van der Waals surface area (Å²) in [4.78, 5) is 12.0. The highest BCUT2D eigenvalue weighted by Crippen LogP contribution is 2.30. The van der Waals surface area contributed by atoms with Gasteiger partial charge in [0.1, 0.15) is 16.7 Å². The zero-order valence-electron chi connectivity index (χ0n) is 15.7. The first-order valence-electron chi connectivity index (χ1n) is 9.21. The molecule has 3 N–H and O–H groups in total. The second-order valence-electron chi connectivity index (χ2n) is 6.47. The first-order chi connectivity index (χ1) is 14.2. The monoisotopic (exact) mass is 404 g/mol. The van der Waals surface area contributed by atoms with Crippen molar-refractivity contribution in [2.75, 3.05) is 42.3 Å². The Kier molecular flexibility index (Phi) is 5.79. The van der Waals surface area contributed by atoms with Gasteiger partial charge in [0.15, 0.2) is 0 Å². The molecule has 0 bridgehead atoms. The molecule has 0 spiro atoms. The lowest BCUT2D eigenvalue weighted by atomic mass is 10.2. The number of hydrogen-bond acceptors (Lipinski definition) is 8. The molecule has 0 atom stereocenters. The van der Waals surface area contributed by atoms with Gasteiger partial charge < -0.3 is 20.7 Å². The molecular weight excluding hydrogens is 384 g/mol. The van der Waals surface area contributed by atoms with Crippen molar-refractivity contribution in [2.24, 2.45) is 0 Å². The Labute approximate surface area is 173 Å². The lowest BCUT2D eigenvalue weighted by molar-refractivity contribution is 0.122. The molecule has 3 aromatic rings. The number of nitrogen functional groups attached to an aromatic ring is 1. The summed E-state index contributed by atoms with van der Waals surface area (Å²) in [6, 6.07) is 17.7. The van der Waals surface area contributed by atoms with Crippen LogP contribution in [0.3, 0.4) is 0 Å². The van der Waals surface area contributed by atoms with Crippen LogP contribution in [0.25, 0.3) is 0 Å². The topological polar surface area (TPSA) is 100 Å². The van der Waals surface area contributed by atoms with Gasteiger partial charge in [-0.15, -0.1) is 0 Å². The van der Waals surface area contributed by atoms with Crippen LogP contribution in [0.4, 0.5) is 23.0 Å². The molecule has 1 aliphatic heterocycles. The van der Waals surface area contributed by atoms with Crippen LogP contribution in [-0.2, 0) is 4.74 Å². The number of ether oxygens (including phenoxy) is 1. The summed E-state index contributed by atoms with van der Waals surface area (Å²) in [5.41, 5.74) is 8.91. The van der Waals surface area contributed by atoms with E-state index in [0.717, 1.165) is 36.9 Å². The second kappa shape index (κ2) is 8.82. The van der Waals surface area contributed by atoms with Gasteiger partial charge >= 0.3 is 0 Å². The quantitative estimate of drug-likeness (QED) is 0.491. The summed E-state index contributed by atoms with van der Waals surface area (Å²) in [6.07, 6.45) is 1.54. The number of hydrogen-bond donors (Lipinski definition) is 2. The van der Waals surface area contributed by atoms with E-state index in [9.17, 15) is 5.26 Å². The highest BCUT2D eigenvalue weighted by atomic mass is 32.2. The molecule has 7 nitrogen and oxygen atoms in total. The number of morpholine rings is 1. The summed E-state index contributed by atoms with van der Waals surface area (Å²) < 4.78 is 5.40. The smallest absolute Gasteiger partial charge is 0.228 e. The third-order valence-electron chi connectivity index (χ3n) is 4.47. The third-order valence-corrected chi connectivity index (χ3v) is 5.48. The van der Waals surface area contributed by atoms with Crippen molar-refractivity contribution in [3.8, 4) is 6.07 Å². The number of rotatable bonds is 5. The summed E-state index contributed by atoms with van der Waals surface area (Å²) in [5, 5.41) is 13.2. The number of aromatic nitrogens is 2. The first-order valence-corrected chi connectivity index (χ1v) is 10.0. The molecule has 146 valence electrons. The van der Waals surface area contributed by atoms with Gasteiger partial charge in [-0.3, -0.25) is 0 Å². The van der Waals surface area contributed by atoms with E-state index in [0.29, 0.717) is 22.2 Å². The normalized spacial score (nSPS) is 13.7. The summed E-state index contributed by atoms with van der Waals surface area (Å²) in [7, 11) is 0. The number of nitriles is 1. The van der Waals surface area contributed by atoms with E-state index >= 15 is 0 Å². The Morgan fingerprint density at radius 2 is 1.79 bits per heavy atom. The Morgan fingerprint density at radius 3 is 2.48 bits per heavy atom. The Bertz CT molecular complexity index is 1010. The Balaban J connectivity index is 1.49. The summed E-state index contributed by atoms with van der Waals surface area (Å²) >= 11 is 1.41. The van der Waals surface area contributed by atoms with Crippen LogP contribution in [0.5, 0.6) is 0 Å². The lowest BCUT2D eigenvalue weighted by Crippen LogP contribution is -2.36. The highest BCUT2D eigenvalue weighted by Gasteiger charge is 2.12. The van der Waals surface area contributed by atoms with E-state index in [4.69, 9.17) is 10.5 Å². The maximum atomic E-state index is 9.38. The fourth-order valence-corrected chi connectivity index (χ4v) is 3.77. The van der Waals surface area contributed by atoms with Gasteiger partial charge in [0.2, 0.25) is 5.95 Å². The van der Waals surface area contributed by atoms with Crippen LogP contribution in [0.1, 0.15) is 5.56 Å².